The zero-order valence-electron chi connectivity index (χ0n) is 10.9. The Morgan fingerprint density at radius 2 is 2.10 bits per heavy atom. The maximum absolute atomic E-state index is 4.74. The number of fused-ring (bicyclic) bond motifs is 1. The van der Waals surface area contributed by atoms with Gasteiger partial charge in [0.15, 0.2) is 4.96 Å². The second-order valence-corrected chi connectivity index (χ2v) is 6.27. The van der Waals surface area contributed by atoms with Crippen molar-refractivity contribution in [2.75, 3.05) is 0 Å². The second kappa shape index (κ2) is 4.26. The van der Waals surface area contributed by atoms with E-state index in [4.69, 9.17) is 4.98 Å². The number of hydrogen-bond acceptors (Lipinski definition) is 5. The Balaban J connectivity index is 1.85. The zero-order valence-corrected chi connectivity index (χ0v) is 12.6. The van der Waals surface area contributed by atoms with Gasteiger partial charge in [-0.05, 0) is 6.92 Å². The molecule has 0 N–H and O–H groups in total. The number of nitrogens with zero attached hydrogens (tertiary/aromatic N) is 5. The maximum atomic E-state index is 4.74. The Labute approximate surface area is 123 Å². The van der Waals surface area contributed by atoms with Crippen molar-refractivity contribution in [1.29, 1.82) is 0 Å². The molecule has 100 valence electrons. The predicted octanol–water partition coefficient (Wildman–Crippen LogP) is 3.23. The summed E-state index contributed by atoms with van der Waals surface area (Å²) >= 11 is 3.28. The molecule has 4 heterocycles. The van der Waals surface area contributed by atoms with Crippen molar-refractivity contribution >= 4 is 27.6 Å². The Morgan fingerprint density at radius 1 is 1.20 bits per heavy atom. The highest BCUT2D eigenvalue weighted by Crippen LogP contribution is 2.32. The normalized spacial score (nSPS) is 11.5. The lowest BCUT2D eigenvalue weighted by Crippen LogP contribution is -1.86. The number of rotatable bonds is 2. The molecule has 0 amide bonds. The highest BCUT2D eigenvalue weighted by atomic mass is 32.1. The third kappa shape index (κ3) is 1.70. The van der Waals surface area contributed by atoms with Gasteiger partial charge in [0, 0.05) is 35.8 Å². The molecule has 5 nitrogen and oxygen atoms in total. The fourth-order valence-electron chi connectivity index (χ4n) is 2.22. The van der Waals surface area contributed by atoms with Gasteiger partial charge >= 0.3 is 0 Å². The van der Waals surface area contributed by atoms with Crippen molar-refractivity contribution in [2.24, 2.45) is 7.05 Å². The van der Waals surface area contributed by atoms with Gasteiger partial charge in [0.05, 0.1) is 17.6 Å². The van der Waals surface area contributed by atoms with Crippen molar-refractivity contribution in [3.8, 4) is 22.0 Å². The monoisotopic (exact) mass is 301 g/mol. The largest absolute Gasteiger partial charge is 0.288 e. The SMILES string of the molecule is Cc1nc2sccn2c1-c1nc(-c2cnn(C)c2)cs1. The molecule has 0 radical (unpaired) electrons. The fourth-order valence-corrected chi connectivity index (χ4v) is 3.90. The summed E-state index contributed by atoms with van der Waals surface area (Å²) in [6.07, 6.45) is 5.85. The number of aromatic nitrogens is 5. The van der Waals surface area contributed by atoms with Crippen molar-refractivity contribution < 1.29 is 0 Å². The first-order valence-electron chi connectivity index (χ1n) is 6.09. The number of thiazole rings is 2. The van der Waals surface area contributed by atoms with E-state index in [-0.39, 0.29) is 0 Å². The van der Waals surface area contributed by atoms with Crippen LogP contribution in [0.5, 0.6) is 0 Å². The van der Waals surface area contributed by atoms with Gasteiger partial charge in [0.25, 0.3) is 0 Å². The first-order valence-corrected chi connectivity index (χ1v) is 7.85. The lowest BCUT2D eigenvalue weighted by atomic mass is 10.3. The molecule has 0 unspecified atom stereocenters. The predicted molar refractivity (Wildman–Crippen MR) is 81.1 cm³/mol. The van der Waals surface area contributed by atoms with Crippen molar-refractivity contribution in [3.63, 3.8) is 0 Å². The molecule has 4 aromatic heterocycles. The van der Waals surface area contributed by atoms with Gasteiger partial charge in [-0.1, -0.05) is 0 Å². The number of imidazole rings is 1. The summed E-state index contributed by atoms with van der Waals surface area (Å²) < 4.78 is 3.89. The summed E-state index contributed by atoms with van der Waals surface area (Å²) in [5.41, 5.74) is 4.10. The Kier molecular flexibility index (Phi) is 2.51. The van der Waals surface area contributed by atoms with E-state index in [0.717, 1.165) is 32.6 Å². The molecule has 0 aliphatic heterocycles. The zero-order chi connectivity index (χ0) is 13.7. The van der Waals surface area contributed by atoms with Crippen LogP contribution in [0, 0.1) is 6.92 Å². The summed E-state index contributed by atoms with van der Waals surface area (Å²) in [5.74, 6) is 0. The number of hydrogen-bond donors (Lipinski definition) is 0. The molecule has 20 heavy (non-hydrogen) atoms. The summed E-state index contributed by atoms with van der Waals surface area (Å²) in [6, 6.07) is 0. The Morgan fingerprint density at radius 3 is 2.90 bits per heavy atom. The van der Waals surface area contributed by atoms with E-state index in [9.17, 15) is 0 Å². The van der Waals surface area contributed by atoms with Gasteiger partial charge < -0.3 is 0 Å². The molecule has 4 rings (SSSR count). The molecule has 0 bridgehead atoms. The Hall–Kier alpha value is -1.99. The van der Waals surface area contributed by atoms with Gasteiger partial charge in [-0.2, -0.15) is 5.10 Å². The fraction of sp³-hybridized carbons (Fsp3) is 0.154. The third-order valence-corrected chi connectivity index (χ3v) is 4.75. The van der Waals surface area contributed by atoms with E-state index in [1.54, 1.807) is 27.4 Å². The topological polar surface area (TPSA) is 48.0 Å². The average molecular weight is 301 g/mol. The molecule has 0 aliphatic rings. The lowest BCUT2D eigenvalue weighted by molar-refractivity contribution is 0.768. The van der Waals surface area contributed by atoms with Crippen LogP contribution in [0.4, 0.5) is 0 Å². The van der Waals surface area contributed by atoms with Crippen molar-refractivity contribution in [3.05, 3.63) is 35.0 Å². The van der Waals surface area contributed by atoms with E-state index < -0.39 is 0 Å². The molecular weight excluding hydrogens is 290 g/mol. The smallest absolute Gasteiger partial charge is 0.194 e. The standard InChI is InChI=1S/C13H11N5S2/c1-8-11(18-3-4-19-13(18)15-8)12-16-10(7-20-12)9-5-14-17(2)6-9/h3-7H,1-2H3. The summed E-state index contributed by atoms with van der Waals surface area (Å²) in [7, 11) is 1.91. The van der Waals surface area contributed by atoms with Crippen LogP contribution in [-0.2, 0) is 7.05 Å². The van der Waals surface area contributed by atoms with Crippen LogP contribution >= 0.6 is 22.7 Å². The van der Waals surface area contributed by atoms with E-state index in [1.165, 1.54) is 0 Å². The molecule has 0 saturated carbocycles. The molecule has 7 heteroatoms. The molecule has 0 aromatic carbocycles. The van der Waals surface area contributed by atoms with Crippen LogP contribution in [0.15, 0.2) is 29.4 Å². The van der Waals surface area contributed by atoms with Gasteiger partial charge in [-0.15, -0.1) is 22.7 Å². The highest BCUT2D eigenvalue weighted by molar-refractivity contribution is 7.15. The molecule has 0 aliphatic carbocycles. The van der Waals surface area contributed by atoms with Crippen LogP contribution < -0.4 is 0 Å². The quantitative estimate of drug-likeness (QED) is 0.571. The number of aryl methyl sites for hydroxylation is 2. The minimum absolute atomic E-state index is 0.961. The second-order valence-electron chi connectivity index (χ2n) is 4.54. The van der Waals surface area contributed by atoms with Crippen molar-refractivity contribution in [1.82, 2.24) is 24.1 Å². The van der Waals surface area contributed by atoms with E-state index >= 15 is 0 Å². The van der Waals surface area contributed by atoms with Crippen LogP contribution in [0.25, 0.3) is 26.9 Å². The molecule has 0 spiro atoms. The van der Waals surface area contributed by atoms with E-state index in [2.05, 4.69) is 19.9 Å². The highest BCUT2D eigenvalue weighted by Gasteiger charge is 2.16. The van der Waals surface area contributed by atoms with Crippen LogP contribution in [0.1, 0.15) is 5.69 Å². The molecule has 0 fully saturated rings. The lowest BCUT2D eigenvalue weighted by Gasteiger charge is -1.95. The van der Waals surface area contributed by atoms with Crippen LogP contribution in [-0.4, -0.2) is 24.1 Å². The van der Waals surface area contributed by atoms with E-state index in [1.807, 2.05) is 37.9 Å². The summed E-state index contributed by atoms with van der Waals surface area (Å²) in [6.45, 7) is 2.03. The first kappa shape index (κ1) is 11.8. The minimum Gasteiger partial charge on any atom is -0.288 e. The van der Waals surface area contributed by atoms with Crippen LogP contribution in [0.2, 0.25) is 0 Å². The molecule has 0 saturated heterocycles. The third-order valence-electron chi connectivity index (χ3n) is 3.14. The molecule has 4 aromatic rings. The van der Waals surface area contributed by atoms with Gasteiger partial charge in [0.1, 0.15) is 10.7 Å². The summed E-state index contributed by atoms with van der Waals surface area (Å²) in [4.78, 5) is 10.3. The van der Waals surface area contributed by atoms with Crippen molar-refractivity contribution in [2.45, 2.75) is 6.92 Å². The summed E-state index contributed by atoms with van der Waals surface area (Å²) in [5, 5.41) is 9.29. The van der Waals surface area contributed by atoms with Gasteiger partial charge in [0.2, 0.25) is 0 Å². The van der Waals surface area contributed by atoms with E-state index in [0.29, 0.717) is 0 Å². The average Bonchev–Trinajstić information content (AvgIpc) is 3.11. The maximum Gasteiger partial charge on any atom is 0.194 e. The van der Waals surface area contributed by atoms with Gasteiger partial charge in [-0.25, -0.2) is 9.97 Å². The molecular formula is C13H11N5S2. The Bertz CT molecular complexity index is 895. The first-order chi connectivity index (χ1) is 9.72. The van der Waals surface area contributed by atoms with Crippen LogP contribution in [0.3, 0.4) is 0 Å². The van der Waals surface area contributed by atoms with Gasteiger partial charge in [-0.3, -0.25) is 9.08 Å². The minimum atomic E-state index is 0.961. The molecule has 0 atom stereocenters.